The monoisotopic (exact) mass is 507 g/mol. The molecule has 0 bridgehead atoms. The van der Waals surface area contributed by atoms with E-state index in [-0.39, 0.29) is 21.1 Å². The Morgan fingerprint density at radius 1 is 0.917 bits per heavy atom. The number of hydrogen-bond donors (Lipinski definition) is 0. The first-order chi connectivity index (χ1) is 10.8. The molecule has 0 spiro atoms. The molecule has 0 atom stereocenters. The maximum Gasteiger partial charge on any atom is 0.0703 e. The van der Waals surface area contributed by atoms with Crippen molar-refractivity contribution < 1.29 is 21.1 Å². The second-order valence-electron chi connectivity index (χ2n) is 7.50. The van der Waals surface area contributed by atoms with Crippen LogP contribution < -0.4 is 0 Å². The molecular formula is C21H32N2Pt. The molecule has 0 unspecified atom stereocenters. The molecule has 2 nitrogen and oxygen atoms in total. The normalized spacial score (nSPS) is 11.5. The Hall–Kier alpha value is -0.882. The Morgan fingerprint density at radius 2 is 1.42 bits per heavy atom. The third-order valence-corrected chi connectivity index (χ3v) is 4.65. The largest absolute Gasteiger partial charge is 0.266 e. The fourth-order valence-corrected chi connectivity index (χ4v) is 3.19. The number of benzene rings is 1. The van der Waals surface area contributed by atoms with Gasteiger partial charge in [-0.2, -0.15) is 5.10 Å². The van der Waals surface area contributed by atoms with Gasteiger partial charge in [0.15, 0.2) is 0 Å². The standard InChI is InChI=1S/C21H32N2.Pt/c1-9-20-21(16(8)23(22-20)15(6)7)19-11-17(13(2)3)10-18(12-19)14(4)5;/h10-15H,9H2,1-8H3;. The van der Waals surface area contributed by atoms with Crippen LogP contribution in [0.5, 0.6) is 0 Å². The molecule has 0 aliphatic rings. The molecule has 3 heteroatoms. The number of nitrogens with zero attached hydrogens (tertiary/aromatic N) is 2. The first-order valence-corrected chi connectivity index (χ1v) is 8.99. The van der Waals surface area contributed by atoms with Crippen LogP contribution in [-0.4, -0.2) is 9.78 Å². The van der Waals surface area contributed by atoms with Crippen LogP contribution in [0.2, 0.25) is 0 Å². The second kappa shape index (κ2) is 8.47. The van der Waals surface area contributed by atoms with E-state index in [0.29, 0.717) is 17.9 Å². The molecule has 1 aromatic carbocycles. The second-order valence-corrected chi connectivity index (χ2v) is 7.50. The summed E-state index contributed by atoms with van der Waals surface area (Å²) in [6, 6.07) is 7.49. The van der Waals surface area contributed by atoms with Crippen LogP contribution >= 0.6 is 0 Å². The maximum absolute atomic E-state index is 4.87. The molecule has 0 radical (unpaired) electrons. The van der Waals surface area contributed by atoms with E-state index >= 15 is 0 Å². The van der Waals surface area contributed by atoms with Crippen molar-refractivity contribution in [1.29, 1.82) is 0 Å². The van der Waals surface area contributed by atoms with Crippen molar-refractivity contribution in [3.63, 3.8) is 0 Å². The Morgan fingerprint density at radius 3 is 1.79 bits per heavy atom. The quantitative estimate of drug-likeness (QED) is 0.468. The summed E-state index contributed by atoms with van der Waals surface area (Å²) in [7, 11) is 0. The molecule has 1 aromatic heterocycles. The Labute approximate surface area is 162 Å². The average molecular weight is 508 g/mol. The summed E-state index contributed by atoms with van der Waals surface area (Å²) in [5, 5.41) is 4.87. The molecule has 0 saturated heterocycles. The van der Waals surface area contributed by atoms with Crippen LogP contribution in [0.15, 0.2) is 18.2 Å². The van der Waals surface area contributed by atoms with E-state index in [2.05, 4.69) is 78.3 Å². The van der Waals surface area contributed by atoms with E-state index in [1.165, 1.54) is 33.6 Å². The van der Waals surface area contributed by atoms with Crippen molar-refractivity contribution in [3.8, 4) is 11.1 Å². The first kappa shape index (κ1) is 21.2. The molecule has 1 heterocycles. The van der Waals surface area contributed by atoms with Crippen molar-refractivity contribution in [1.82, 2.24) is 9.78 Å². The zero-order valence-corrected chi connectivity index (χ0v) is 18.7. The van der Waals surface area contributed by atoms with Crippen molar-refractivity contribution in [3.05, 3.63) is 40.7 Å². The van der Waals surface area contributed by atoms with E-state index < -0.39 is 0 Å². The van der Waals surface area contributed by atoms with Gasteiger partial charge < -0.3 is 0 Å². The van der Waals surface area contributed by atoms with Crippen LogP contribution in [0.1, 0.15) is 88.9 Å². The maximum atomic E-state index is 4.87. The molecule has 0 N–H and O–H groups in total. The summed E-state index contributed by atoms with van der Waals surface area (Å²) >= 11 is 0. The smallest absolute Gasteiger partial charge is 0.0703 e. The summed E-state index contributed by atoms with van der Waals surface area (Å²) in [4.78, 5) is 0. The molecule has 2 rings (SSSR count). The summed E-state index contributed by atoms with van der Waals surface area (Å²) in [5.74, 6) is 1.08. The predicted molar refractivity (Wildman–Crippen MR) is 100 cm³/mol. The number of rotatable bonds is 5. The van der Waals surface area contributed by atoms with Gasteiger partial charge in [0.1, 0.15) is 0 Å². The van der Waals surface area contributed by atoms with Gasteiger partial charge in [-0.15, -0.1) is 0 Å². The molecule has 0 amide bonds. The summed E-state index contributed by atoms with van der Waals surface area (Å²) in [6.07, 6.45) is 0.971. The minimum atomic E-state index is 0. The van der Waals surface area contributed by atoms with Crippen molar-refractivity contribution in [2.24, 2.45) is 0 Å². The van der Waals surface area contributed by atoms with Gasteiger partial charge in [-0.25, -0.2) is 0 Å². The van der Waals surface area contributed by atoms with Crippen molar-refractivity contribution in [2.45, 2.75) is 79.7 Å². The van der Waals surface area contributed by atoms with Gasteiger partial charge in [0.05, 0.1) is 5.69 Å². The Bertz CT molecular complexity index is 655. The van der Waals surface area contributed by atoms with Gasteiger partial charge in [0.2, 0.25) is 0 Å². The van der Waals surface area contributed by atoms with Crippen LogP contribution in [0.4, 0.5) is 0 Å². The Kier molecular flexibility index (Phi) is 7.47. The fourth-order valence-electron chi connectivity index (χ4n) is 3.19. The topological polar surface area (TPSA) is 17.8 Å². The van der Waals surface area contributed by atoms with Crippen molar-refractivity contribution in [2.75, 3.05) is 0 Å². The zero-order valence-electron chi connectivity index (χ0n) is 16.4. The minimum absolute atomic E-state index is 0. The van der Waals surface area contributed by atoms with E-state index in [9.17, 15) is 0 Å². The van der Waals surface area contributed by atoms with Crippen LogP contribution in [-0.2, 0) is 27.5 Å². The molecule has 136 valence electrons. The number of aromatic nitrogens is 2. The number of aryl methyl sites for hydroxylation is 1. The molecule has 0 saturated carbocycles. The van der Waals surface area contributed by atoms with Crippen molar-refractivity contribution >= 4 is 0 Å². The van der Waals surface area contributed by atoms with E-state index in [4.69, 9.17) is 5.10 Å². The minimum Gasteiger partial charge on any atom is -0.266 e. The van der Waals surface area contributed by atoms with Crippen LogP contribution in [0.25, 0.3) is 11.1 Å². The SMILES string of the molecule is CCc1nn(C(C)C)c(C)c1-c1cc(C(C)C)cc(C(C)C)c1.[Pt]. The Balaban J connectivity index is 0.00000288. The van der Waals surface area contributed by atoms with E-state index in [0.717, 1.165) is 6.42 Å². The fraction of sp³-hybridized carbons (Fsp3) is 0.571. The van der Waals surface area contributed by atoms with Gasteiger partial charge in [-0.05, 0) is 55.7 Å². The summed E-state index contributed by atoms with van der Waals surface area (Å²) < 4.78 is 2.17. The van der Waals surface area contributed by atoms with Crippen LogP contribution in [0, 0.1) is 6.92 Å². The van der Waals surface area contributed by atoms with Gasteiger partial charge in [0.25, 0.3) is 0 Å². The van der Waals surface area contributed by atoms with Gasteiger partial charge in [-0.1, -0.05) is 52.8 Å². The first-order valence-electron chi connectivity index (χ1n) is 8.99. The van der Waals surface area contributed by atoms with Crippen LogP contribution in [0.3, 0.4) is 0 Å². The van der Waals surface area contributed by atoms with E-state index in [1.807, 2.05) is 0 Å². The summed E-state index contributed by atoms with van der Waals surface area (Å²) in [6.45, 7) is 17.9. The predicted octanol–water partition coefficient (Wildman–Crippen LogP) is 6.25. The molecule has 2 aromatic rings. The van der Waals surface area contributed by atoms with Gasteiger partial charge in [-0.3, -0.25) is 4.68 Å². The summed E-state index contributed by atoms with van der Waals surface area (Å²) in [5.41, 5.74) is 8.01. The van der Waals surface area contributed by atoms with Gasteiger partial charge in [0, 0.05) is 38.4 Å². The molecular weight excluding hydrogens is 475 g/mol. The number of hydrogen-bond acceptors (Lipinski definition) is 1. The average Bonchev–Trinajstić information content (AvgIpc) is 2.83. The molecule has 0 aliphatic heterocycles. The molecule has 0 aliphatic carbocycles. The zero-order chi connectivity index (χ0) is 17.3. The van der Waals surface area contributed by atoms with Gasteiger partial charge >= 0.3 is 0 Å². The van der Waals surface area contributed by atoms with E-state index in [1.54, 1.807) is 0 Å². The molecule has 0 fully saturated rings. The molecule has 24 heavy (non-hydrogen) atoms. The third-order valence-electron chi connectivity index (χ3n) is 4.65. The third kappa shape index (κ3) is 4.20.